The summed E-state index contributed by atoms with van der Waals surface area (Å²) in [6.07, 6.45) is 0.811. The minimum Gasteiger partial charge on any atom is -0.507 e. The lowest BCUT2D eigenvalue weighted by molar-refractivity contribution is 0.102. The van der Waals surface area contributed by atoms with Crippen LogP contribution in [0, 0.1) is 20.8 Å². The van der Waals surface area contributed by atoms with Crippen LogP contribution in [0.2, 0.25) is 0 Å². The van der Waals surface area contributed by atoms with E-state index in [1.165, 1.54) is 0 Å². The number of phenolic OH excluding ortho intramolecular Hbond substituents is 1. The summed E-state index contributed by atoms with van der Waals surface area (Å²) in [5.41, 5.74) is 8.59. The Morgan fingerprint density at radius 1 is 0.944 bits per heavy atom. The number of amides is 1. The van der Waals surface area contributed by atoms with Crippen LogP contribution in [-0.4, -0.2) is 29.8 Å². The SMILES string of the molecule is COc1cc2c(cc1OC)-c1c(C(=O)Nc3ccccc3)c(-c3cc(C)c(O)c(C)c3)c(C)n1CC2. The number of aromatic hydroxyl groups is 1. The Bertz CT molecular complexity index is 1460. The minimum absolute atomic E-state index is 0.181. The number of anilines is 1. The molecule has 0 saturated carbocycles. The molecular formula is C30H30N2O4. The molecule has 0 fully saturated rings. The molecule has 6 heteroatoms. The van der Waals surface area contributed by atoms with Gasteiger partial charge in [0.2, 0.25) is 0 Å². The number of hydrogen-bond donors (Lipinski definition) is 2. The second-order valence-corrected chi connectivity index (χ2v) is 9.23. The van der Waals surface area contributed by atoms with E-state index in [2.05, 4.69) is 16.8 Å². The first-order valence-electron chi connectivity index (χ1n) is 12.0. The Labute approximate surface area is 211 Å². The molecule has 0 spiro atoms. The van der Waals surface area contributed by atoms with Gasteiger partial charge in [0, 0.05) is 29.1 Å². The molecule has 0 unspecified atom stereocenters. The van der Waals surface area contributed by atoms with Crippen LogP contribution in [-0.2, 0) is 13.0 Å². The maximum Gasteiger partial charge on any atom is 0.258 e. The second-order valence-electron chi connectivity index (χ2n) is 9.23. The van der Waals surface area contributed by atoms with Gasteiger partial charge in [0.1, 0.15) is 5.75 Å². The molecule has 184 valence electrons. The third kappa shape index (κ3) is 3.79. The third-order valence-electron chi connectivity index (χ3n) is 7.03. The van der Waals surface area contributed by atoms with Crippen LogP contribution in [0.4, 0.5) is 5.69 Å². The summed E-state index contributed by atoms with van der Waals surface area (Å²) in [5.74, 6) is 1.39. The molecule has 2 N–H and O–H groups in total. The number of ether oxygens (including phenoxy) is 2. The van der Waals surface area contributed by atoms with Gasteiger partial charge in [0.25, 0.3) is 5.91 Å². The van der Waals surface area contributed by atoms with Gasteiger partial charge in [0.05, 0.1) is 25.5 Å². The standard InChI is InChI=1S/C30H30N2O4/c1-17-13-21(14-18(2)29(17)33)26-19(3)32-12-11-20-15-24(35-4)25(36-5)16-23(20)28(32)27(26)30(34)31-22-9-7-6-8-10-22/h6-10,13-16,33H,11-12H2,1-5H3,(H,31,34). The van der Waals surface area contributed by atoms with Crippen molar-refractivity contribution in [1.82, 2.24) is 4.57 Å². The number of para-hydroxylation sites is 1. The van der Waals surface area contributed by atoms with Crippen LogP contribution in [0.3, 0.4) is 0 Å². The average molecular weight is 483 g/mol. The highest BCUT2D eigenvalue weighted by Crippen LogP contribution is 2.46. The molecule has 1 aliphatic rings. The zero-order valence-electron chi connectivity index (χ0n) is 21.2. The Morgan fingerprint density at radius 3 is 2.22 bits per heavy atom. The van der Waals surface area contributed by atoms with Crippen LogP contribution < -0.4 is 14.8 Å². The van der Waals surface area contributed by atoms with Crippen molar-refractivity contribution in [3.63, 3.8) is 0 Å². The normalized spacial score (nSPS) is 12.0. The fraction of sp³-hybridized carbons (Fsp3) is 0.233. The van der Waals surface area contributed by atoms with Gasteiger partial charge in [-0.15, -0.1) is 0 Å². The summed E-state index contributed by atoms with van der Waals surface area (Å²) < 4.78 is 13.4. The second kappa shape index (κ2) is 9.11. The zero-order chi connectivity index (χ0) is 25.6. The predicted octanol–water partition coefficient (Wildman–Crippen LogP) is 6.28. The van der Waals surface area contributed by atoms with E-state index in [-0.39, 0.29) is 11.7 Å². The Balaban J connectivity index is 1.80. The van der Waals surface area contributed by atoms with Crippen molar-refractivity contribution >= 4 is 11.6 Å². The zero-order valence-corrected chi connectivity index (χ0v) is 21.2. The van der Waals surface area contributed by atoms with Crippen molar-refractivity contribution in [2.24, 2.45) is 0 Å². The molecule has 1 amide bonds. The van der Waals surface area contributed by atoms with Gasteiger partial charge in [-0.2, -0.15) is 0 Å². The number of fused-ring (bicyclic) bond motifs is 3. The molecule has 2 heterocycles. The van der Waals surface area contributed by atoms with E-state index in [4.69, 9.17) is 9.47 Å². The highest BCUT2D eigenvalue weighted by molar-refractivity contribution is 6.14. The third-order valence-corrected chi connectivity index (χ3v) is 7.03. The Hall–Kier alpha value is -4.19. The number of hydrogen-bond acceptors (Lipinski definition) is 4. The van der Waals surface area contributed by atoms with Crippen molar-refractivity contribution in [3.8, 4) is 39.6 Å². The number of aryl methyl sites for hydroxylation is 3. The first-order valence-corrected chi connectivity index (χ1v) is 12.0. The van der Waals surface area contributed by atoms with Crippen LogP contribution in [0.5, 0.6) is 17.2 Å². The highest BCUT2D eigenvalue weighted by atomic mass is 16.5. The number of carbonyl (C=O) groups excluding carboxylic acids is 1. The molecule has 0 radical (unpaired) electrons. The van der Waals surface area contributed by atoms with Gasteiger partial charge < -0.3 is 24.5 Å². The molecule has 0 atom stereocenters. The largest absolute Gasteiger partial charge is 0.507 e. The number of rotatable bonds is 5. The first kappa shape index (κ1) is 23.5. The van der Waals surface area contributed by atoms with Crippen molar-refractivity contribution in [2.45, 2.75) is 33.7 Å². The highest BCUT2D eigenvalue weighted by Gasteiger charge is 2.32. The first-order chi connectivity index (χ1) is 17.3. The van der Waals surface area contributed by atoms with Gasteiger partial charge in [0.15, 0.2) is 11.5 Å². The molecule has 0 bridgehead atoms. The number of nitrogens with one attached hydrogen (secondary N) is 1. The fourth-order valence-electron chi connectivity index (χ4n) is 5.27. The molecule has 4 aromatic rings. The number of carbonyl (C=O) groups is 1. The average Bonchev–Trinajstić information content (AvgIpc) is 3.19. The van der Waals surface area contributed by atoms with Crippen LogP contribution in [0.15, 0.2) is 54.6 Å². The summed E-state index contributed by atoms with van der Waals surface area (Å²) >= 11 is 0. The van der Waals surface area contributed by atoms with Gasteiger partial charge in [-0.3, -0.25) is 4.79 Å². The van der Waals surface area contributed by atoms with Gasteiger partial charge in [-0.25, -0.2) is 0 Å². The molecule has 0 aliphatic carbocycles. The van der Waals surface area contributed by atoms with Gasteiger partial charge in [-0.05, 0) is 85.8 Å². The summed E-state index contributed by atoms with van der Waals surface area (Å²) in [7, 11) is 3.25. The van der Waals surface area contributed by atoms with Gasteiger partial charge in [-0.1, -0.05) is 18.2 Å². The lowest BCUT2D eigenvalue weighted by Gasteiger charge is -2.23. The smallest absolute Gasteiger partial charge is 0.258 e. The molecular weight excluding hydrogens is 452 g/mol. The maximum absolute atomic E-state index is 14.0. The van der Waals surface area contributed by atoms with Crippen LogP contribution in [0.25, 0.3) is 22.4 Å². The molecule has 1 aliphatic heterocycles. The lowest BCUT2D eigenvalue weighted by Crippen LogP contribution is -2.17. The number of benzene rings is 3. The van der Waals surface area contributed by atoms with E-state index in [1.54, 1.807) is 14.2 Å². The summed E-state index contributed by atoms with van der Waals surface area (Å²) in [6, 6.07) is 17.3. The number of nitrogens with zero attached hydrogens (tertiary/aromatic N) is 1. The van der Waals surface area contributed by atoms with Crippen molar-refractivity contribution in [1.29, 1.82) is 0 Å². The minimum atomic E-state index is -0.181. The summed E-state index contributed by atoms with van der Waals surface area (Å²) in [4.78, 5) is 14.0. The van der Waals surface area contributed by atoms with Crippen LogP contribution >= 0.6 is 0 Å². The molecule has 0 saturated heterocycles. The van der Waals surface area contributed by atoms with Crippen molar-refractivity contribution in [3.05, 3.63) is 82.5 Å². The fourth-order valence-corrected chi connectivity index (χ4v) is 5.27. The van der Waals surface area contributed by atoms with E-state index in [1.807, 2.05) is 68.4 Å². The number of aromatic nitrogens is 1. The Kier molecular flexibility index (Phi) is 5.96. The summed E-state index contributed by atoms with van der Waals surface area (Å²) in [5, 5.41) is 13.5. The predicted molar refractivity (Wildman–Crippen MR) is 142 cm³/mol. The molecule has 6 nitrogen and oxygen atoms in total. The molecule has 36 heavy (non-hydrogen) atoms. The van der Waals surface area contributed by atoms with E-state index in [0.29, 0.717) is 17.1 Å². The van der Waals surface area contributed by atoms with Crippen LogP contribution in [0.1, 0.15) is 32.7 Å². The van der Waals surface area contributed by atoms with E-state index < -0.39 is 0 Å². The molecule has 3 aromatic carbocycles. The van der Waals surface area contributed by atoms with Gasteiger partial charge >= 0.3 is 0 Å². The number of methoxy groups -OCH3 is 2. The van der Waals surface area contributed by atoms with Crippen molar-refractivity contribution < 1.29 is 19.4 Å². The molecule has 1 aromatic heterocycles. The number of phenols is 1. The van der Waals surface area contributed by atoms with E-state index in [9.17, 15) is 9.90 Å². The summed E-state index contributed by atoms with van der Waals surface area (Å²) in [6.45, 7) is 6.56. The topological polar surface area (TPSA) is 72.7 Å². The quantitative estimate of drug-likeness (QED) is 0.351. The van der Waals surface area contributed by atoms with E-state index >= 15 is 0 Å². The monoisotopic (exact) mass is 482 g/mol. The lowest BCUT2D eigenvalue weighted by atomic mass is 9.92. The van der Waals surface area contributed by atoms with E-state index in [0.717, 1.165) is 63.4 Å². The van der Waals surface area contributed by atoms with Crippen molar-refractivity contribution in [2.75, 3.05) is 19.5 Å². The Morgan fingerprint density at radius 2 is 1.58 bits per heavy atom. The molecule has 5 rings (SSSR count). The maximum atomic E-state index is 14.0.